The number of carbonyl (C=O) groups is 1. The van der Waals surface area contributed by atoms with Gasteiger partial charge in [-0.2, -0.15) is 0 Å². The minimum atomic E-state index is -0.0864. The molecule has 8 heteroatoms. The second kappa shape index (κ2) is 11.8. The molecule has 29 heavy (non-hydrogen) atoms. The molecule has 7 nitrogen and oxygen atoms in total. The second-order valence-corrected chi connectivity index (χ2v) is 6.59. The molecule has 3 rings (SSSR count). The lowest BCUT2D eigenvalue weighted by atomic mass is 10.1. The number of methoxy groups -OCH3 is 1. The predicted octanol–water partition coefficient (Wildman–Crippen LogP) is 3.01. The van der Waals surface area contributed by atoms with Crippen molar-refractivity contribution in [3.63, 3.8) is 0 Å². The van der Waals surface area contributed by atoms with E-state index >= 15 is 0 Å². The number of rotatable bonds is 6. The van der Waals surface area contributed by atoms with Gasteiger partial charge in [-0.15, -0.1) is 24.0 Å². The summed E-state index contributed by atoms with van der Waals surface area (Å²) in [5, 5.41) is 3.35. The third kappa shape index (κ3) is 6.20. The number of carbonyl (C=O) groups excluding carboxylic acids is 1. The molecule has 0 spiro atoms. The molecule has 0 radical (unpaired) electrons. The Bertz CT molecular complexity index is 759. The molecule has 1 fully saturated rings. The van der Waals surface area contributed by atoms with Crippen LogP contribution in [0.5, 0.6) is 0 Å². The van der Waals surface area contributed by atoms with Gasteiger partial charge in [0.05, 0.1) is 12.8 Å². The molecule has 158 valence electrons. The van der Waals surface area contributed by atoms with E-state index in [1.807, 2.05) is 23.1 Å². The van der Waals surface area contributed by atoms with Crippen molar-refractivity contribution in [1.82, 2.24) is 15.1 Å². The predicted molar refractivity (Wildman–Crippen MR) is 124 cm³/mol. The van der Waals surface area contributed by atoms with Crippen molar-refractivity contribution in [2.24, 2.45) is 4.99 Å². The van der Waals surface area contributed by atoms with Crippen LogP contribution < -0.4 is 5.32 Å². The Labute approximate surface area is 189 Å². The van der Waals surface area contributed by atoms with E-state index in [0.717, 1.165) is 31.2 Å². The van der Waals surface area contributed by atoms with Gasteiger partial charge >= 0.3 is 0 Å². The number of hydrogen-bond donors (Lipinski definition) is 1. The summed E-state index contributed by atoms with van der Waals surface area (Å²) in [6.45, 7) is 6.09. The summed E-state index contributed by atoms with van der Waals surface area (Å²) in [6, 6.07) is 13.5. The molecule has 0 bridgehead atoms. The minimum Gasteiger partial charge on any atom is -0.459 e. The number of furan rings is 1. The van der Waals surface area contributed by atoms with E-state index in [1.165, 1.54) is 6.26 Å². The van der Waals surface area contributed by atoms with Gasteiger partial charge in [0, 0.05) is 39.8 Å². The summed E-state index contributed by atoms with van der Waals surface area (Å²) in [5.74, 6) is 1.18. The molecule has 1 unspecified atom stereocenters. The third-order valence-corrected chi connectivity index (χ3v) is 4.80. The Kier molecular flexibility index (Phi) is 9.46. The van der Waals surface area contributed by atoms with Crippen LogP contribution in [-0.4, -0.2) is 68.0 Å². The Morgan fingerprint density at radius 2 is 1.83 bits per heavy atom. The number of halogens is 1. The van der Waals surface area contributed by atoms with Crippen LogP contribution in [-0.2, 0) is 4.74 Å². The average Bonchev–Trinajstić information content (AvgIpc) is 3.29. The standard InChI is InChI=1S/C21H28N4O3.HI/c1-3-22-21(23-16-19(27-2)17-8-5-4-6-9-17)25-13-11-24(12-14-25)20(26)18-10-7-15-28-18;/h4-10,15,19H,3,11-14,16H2,1-2H3,(H,22,23);1H. The van der Waals surface area contributed by atoms with Gasteiger partial charge in [0.1, 0.15) is 6.10 Å². The zero-order valence-corrected chi connectivity index (χ0v) is 19.2. The molecule has 2 aromatic rings. The van der Waals surface area contributed by atoms with E-state index in [0.29, 0.717) is 25.4 Å². The van der Waals surface area contributed by atoms with Crippen molar-refractivity contribution in [1.29, 1.82) is 0 Å². The maximum absolute atomic E-state index is 12.4. The highest BCUT2D eigenvalue weighted by Gasteiger charge is 2.25. The van der Waals surface area contributed by atoms with Crippen molar-refractivity contribution < 1.29 is 13.9 Å². The average molecular weight is 512 g/mol. The van der Waals surface area contributed by atoms with Crippen LogP contribution in [0.1, 0.15) is 29.1 Å². The number of benzene rings is 1. The zero-order chi connectivity index (χ0) is 19.8. The van der Waals surface area contributed by atoms with Crippen LogP contribution in [0.25, 0.3) is 0 Å². The number of guanidine groups is 1. The largest absolute Gasteiger partial charge is 0.459 e. The first-order valence-corrected chi connectivity index (χ1v) is 9.66. The van der Waals surface area contributed by atoms with E-state index in [1.54, 1.807) is 19.2 Å². The maximum Gasteiger partial charge on any atom is 0.289 e. The first-order valence-electron chi connectivity index (χ1n) is 9.66. The number of ether oxygens (including phenoxy) is 1. The summed E-state index contributed by atoms with van der Waals surface area (Å²) in [5.41, 5.74) is 1.11. The van der Waals surface area contributed by atoms with Gasteiger partial charge < -0.3 is 24.3 Å². The van der Waals surface area contributed by atoms with Crippen LogP contribution in [0, 0.1) is 0 Å². The normalized spacial score (nSPS) is 15.6. The molecule has 0 saturated carbocycles. The number of piperazine rings is 1. The van der Waals surface area contributed by atoms with Gasteiger partial charge in [0.2, 0.25) is 0 Å². The topological polar surface area (TPSA) is 70.3 Å². The van der Waals surface area contributed by atoms with E-state index < -0.39 is 0 Å². The van der Waals surface area contributed by atoms with Gasteiger partial charge in [-0.25, -0.2) is 0 Å². The van der Waals surface area contributed by atoms with Gasteiger partial charge in [0.25, 0.3) is 5.91 Å². The summed E-state index contributed by atoms with van der Waals surface area (Å²) in [7, 11) is 1.71. The van der Waals surface area contributed by atoms with Gasteiger partial charge in [-0.05, 0) is 24.6 Å². The highest BCUT2D eigenvalue weighted by Crippen LogP contribution is 2.17. The molecule has 0 aliphatic carbocycles. The van der Waals surface area contributed by atoms with Crippen molar-refractivity contribution in [3.05, 3.63) is 60.1 Å². The molecule has 1 aliphatic rings. The second-order valence-electron chi connectivity index (χ2n) is 6.59. The molecule has 1 amide bonds. The van der Waals surface area contributed by atoms with Gasteiger partial charge in [0.15, 0.2) is 11.7 Å². The fraction of sp³-hybridized carbons (Fsp3) is 0.429. The molecule has 1 N–H and O–H groups in total. The Balaban J connectivity index is 0.00000300. The van der Waals surface area contributed by atoms with E-state index in [4.69, 9.17) is 14.1 Å². The lowest BCUT2D eigenvalue weighted by molar-refractivity contribution is 0.0657. The number of aliphatic imine (C=N–C) groups is 1. The van der Waals surface area contributed by atoms with E-state index in [9.17, 15) is 4.79 Å². The van der Waals surface area contributed by atoms with E-state index in [-0.39, 0.29) is 36.0 Å². The SMILES string of the molecule is CCNC(=NCC(OC)c1ccccc1)N1CCN(C(=O)c2ccco2)CC1.I. The van der Waals surface area contributed by atoms with Crippen molar-refractivity contribution in [3.8, 4) is 0 Å². The minimum absolute atomic E-state index is 0. The Morgan fingerprint density at radius 3 is 2.41 bits per heavy atom. The number of nitrogens with zero attached hydrogens (tertiary/aromatic N) is 3. The number of amides is 1. The quantitative estimate of drug-likeness (QED) is 0.366. The number of hydrogen-bond acceptors (Lipinski definition) is 4. The van der Waals surface area contributed by atoms with Gasteiger partial charge in [-0.1, -0.05) is 30.3 Å². The number of nitrogens with one attached hydrogen (secondary N) is 1. The first kappa shape index (κ1) is 23.2. The van der Waals surface area contributed by atoms with E-state index in [2.05, 4.69) is 29.3 Å². The van der Waals surface area contributed by atoms with Crippen LogP contribution in [0.4, 0.5) is 0 Å². The molecule has 1 atom stereocenters. The smallest absolute Gasteiger partial charge is 0.289 e. The summed E-state index contributed by atoms with van der Waals surface area (Å²) >= 11 is 0. The summed E-state index contributed by atoms with van der Waals surface area (Å²) in [6.07, 6.45) is 1.44. The molecule has 2 heterocycles. The lowest BCUT2D eigenvalue weighted by Gasteiger charge is -2.36. The first-order chi connectivity index (χ1) is 13.7. The fourth-order valence-electron chi connectivity index (χ4n) is 3.26. The van der Waals surface area contributed by atoms with Crippen LogP contribution >= 0.6 is 24.0 Å². The molecule has 1 saturated heterocycles. The van der Waals surface area contributed by atoms with Crippen LogP contribution in [0.15, 0.2) is 58.1 Å². The van der Waals surface area contributed by atoms with Crippen LogP contribution in [0.2, 0.25) is 0 Å². The maximum atomic E-state index is 12.4. The monoisotopic (exact) mass is 512 g/mol. The molecular weight excluding hydrogens is 483 g/mol. The van der Waals surface area contributed by atoms with Crippen LogP contribution in [0.3, 0.4) is 0 Å². The van der Waals surface area contributed by atoms with Crippen molar-refractivity contribution >= 4 is 35.8 Å². The Hall–Kier alpha value is -2.07. The third-order valence-electron chi connectivity index (χ3n) is 4.80. The molecule has 1 aliphatic heterocycles. The van der Waals surface area contributed by atoms with Crippen molar-refractivity contribution in [2.75, 3.05) is 46.4 Å². The highest BCUT2D eigenvalue weighted by molar-refractivity contribution is 14.0. The van der Waals surface area contributed by atoms with Crippen molar-refractivity contribution in [2.45, 2.75) is 13.0 Å². The lowest BCUT2D eigenvalue weighted by Crippen LogP contribution is -2.53. The summed E-state index contributed by atoms with van der Waals surface area (Å²) in [4.78, 5) is 21.2. The zero-order valence-electron chi connectivity index (χ0n) is 16.9. The highest BCUT2D eigenvalue weighted by atomic mass is 127. The van der Waals surface area contributed by atoms with Gasteiger partial charge in [-0.3, -0.25) is 9.79 Å². The molecular formula is C21H29IN4O3. The Morgan fingerprint density at radius 1 is 1.14 bits per heavy atom. The molecule has 1 aromatic carbocycles. The fourth-order valence-corrected chi connectivity index (χ4v) is 3.26. The summed E-state index contributed by atoms with van der Waals surface area (Å²) < 4.78 is 10.9. The molecule has 1 aromatic heterocycles.